The molecule has 1 aromatic heterocycles. The summed E-state index contributed by atoms with van der Waals surface area (Å²) in [6, 6.07) is 4.78. The molecule has 0 radical (unpaired) electrons. The number of aromatic nitrogens is 3. The monoisotopic (exact) mass is 387 g/mol. The van der Waals surface area contributed by atoms with Crippen molar-refractivity contribution in [3.8, 4) is 0 Å². The first-order valence-corrected chi connectivity index (χ1v) is 8.56. The fourth-order valence-electron chi connectivity index (χ4n) is 1.72. The van der Waals surface area contributed by atoms with Crippen LogP contribution in [0.2, 0.25) is 10.0 Å². The first-order chi connectivity index (χ1) is 11.4. The lowest BCUT2D eigenvalue weighted by molar-refractivity contribution is -0.131. The van der Waals surface area contributed by atoms with E-state index in [4.69, 9.17) is 23.2 Å². The van der Waals surface area contributed by atoms with Gasteiger partial charge < -0.3 is 14.8 Å². The lowest BCUT2D eigenvalue weighted by Gasteiger charge is -2.16. The van der Waals surface area contributed by atoms with Gasteiger partial charge in [-0.1, -0.05) is 35.0 Å². The van der Waals surface area contributed by atoms with Crippen molar-refractivity contribution in [1.82, 2.24) is 19.7 Å². The molecule has 1 aromatic carbocycles. The number of aryl methyl sites for hydroxylation is 1. The lowest BCUT2D eigenvalue weighted by Crippen LogP contribution is -2.36. The molecule has 24 heavy (non-hydrogen) atoms. The van der Waals surface area contributed by atoms with Crippen LogP contribution in [0, 0.1) is 0 Å². The van der Waals surface area contributed by atoms with E-state index in [9.17, 15) is 9.59 Å². The number of amides is 2. The maximum atomic E-state index is 12.1. The van der Waals surface area contributed by atoms with Gasteiger partial charge in [0.2, 0.25) is 11.8 Å². The summed E-state index contributed by atoms with van der Waals surface area (Å²) in [6.07, 6.45) is 1.56. The molecule has 2 amide bonds. The second kappa shape index (κ2) is 8.36. The first kappa shape index (κ1) is 18.6. The number of halogens is 2. The predicted octanol–water partition coefficient (Wildman–Crippen LogP) is 2.31. The summed E-state index contributed by atoms with van der Waals surface area (Å²) in [5.41, 5.74) is 0.517. The number of carbonyl (C=O) groups excluding carboxylic acids is 2. The Hall–Kier alpha value is -1.77. The van der Waals surface area contributed by atoms with Crippen molar-refractivity contribution in [1.29, 1.82) is 0 Å². The number of hydrogen-bond acceptors (Lipinski definition) is 5. The van der Waals surface area contributed by atoms with Gasteiger partial charge in [0.05, 0.1) is 22.3 Å². The normalized spacial score (nSPS) is 10.5. The van der Waals surface area contributed by atoms with Crippen LogP contribution >= 0.6 is 35.0 Å². The zero-order valence-corrected chi connectivity index (χ0v) is 15.3. The van der Waals surface area contributed by atoms with E-state index < -0.39 is 0 Å². The number of thioether (sulfide) groups is 1. The highest BCUT2D eigenvalue weighted by molar-refractivity contribution is 7.99. The van der Waals surface area contributed by atoms with Crippen LogP contribution in [0.25, 0.3) is 0 Å². The zero-order chi connectivity index (χ0) is 17.7. The zero-order valence-electron chi connectivity index (χ0n) is 13.0. The third-order valence-electron chi connectivity index (χ3n) is 3.00. The molecule has 0 aliphatic carbocycles. The lowest BCUT2D eigenvalue weighted by atomic mass is 10.3. The van der Waals surface area contributed by atoms with E-state index in [-0.39, 0.29) is 24.1 Å². The number of likely N-dealkylation sites (N-methyl/N-ethyl adjacent to an activating group) is 1. The van der Waals surface area contributed by atoms with Gasteiger partial charge in [-0.05, 0) is 18.2 Å². The molecular weight excluding hydrogens is 373 g/mol. The average molecular weight is 388 g/mol. The standard InChI is InChI=1S/C14H15Cl2N5O2S/c1-20(13(23)7-24-14-19-17-8-21(14)2)6-12(22)18-9-3-4-10(15)11(16)5-9/h3-5,8H,6-7H2,1-2H3,(H,18,22). The SMILES string of the molecule is CN(CC(=O)Nc1ccc(Cl)c(Cl)c1)C(=O)CSc1nncn1C. The van der Waals surface area contributed by atoms with Gasteiger partial charge in [-0.15, -0.1) is 10.2 Å². The molecule has 0 saturated heterocycles. The summed E-state index contributed by atoms with van der Waals surface area (Å²) in [5.74, 6) is -0.344. The fourth-order valence-corrected chi connectivity index (χ4v) is 2.84. The maximum absolute atomic E-state index is 12.1. The molecule has 128 valence electrons. The van der Waals surface area contributed by atoms with Gasteiger partial charge in [0.25, 0.3) is 0 Å². The Morgan fingerprint density at radius 1 is 1.33 bits per heavy atom. The van der Waals surface area contributed by atoms with E-state index in [1.807, 2.05) is 0 Å². The molecule has 0 atom stereocenters. The van der Waals surface area contributed by atoms with E-state index >= 15 is 0 Å². The van der Waals surface area contributed by atoms with Crippen LogP contribution in [0.4, 0.5) is 5.69 Å². The van der Waals surface area contributed by atoms with Crippen molar-refractivity contribution in [2.75, 3.05) is 24.7 Å². The van der Waals surface area contributed by atoms with Gasteiger partial charge in [-0.2, -0.15) is 0 Å². The Morgan fingerprint density at radius 3 is 2.71 bits per heavy atom. The minimum atomic E-state index is -0.326. The number of nitrogens with zero attached hydrogens (tertiary/aromatic N) is 4. The molecule has 10 heteroatoms. The van der Waals surface area contributed by atoms with Gasteiger partial charge in [-0.3, -0.25) is 9.59 Å². The van der Waals surface area contributed by atoms with E-state index in [2.05, 4.69) is 15.5 Å². The van der Waals surface area contributed by atoms with Crippen LogP contribution in [0.1, 0.15) is 0 Å². The molecule has 1 heterocycles. The smallest absolute Gasteiger partial charge is 0.243 e. The van der Waals surface area contributed by atoms with Gasteiger partial charge in [0, 0.05) is 19.8 Å². The van der Waals surface area contributed by atoms with Gasteiger partial charge >= 0.3 is 0 Å². The second-order valence-corrected chi connectivity index (χ2v) is 6.70. The topological polar surface area (TPSA) is 80.1 Å². The maximum Gasteiger partial charge on any atom is 0.243 e. The number of benzene rings is 1. The average Bonchev–Trinajstić information content (AvgIpc) is 2.93. The Labute approximate surface area is 153 Å². The molecule has 7 nitrogen and oxygen atoms in total. The molecular formula is C14H15Cl2N5O2S. The van der Waals surface area contributed by atoms with E-state index in [1.165, 1.54) is 16.7 Å². The van der Waals surface area contributed by atoms with E-state index in [0.29, 0.717) is 20.9 Å². The minimum Gasteiger partial charge on any atom is -0.336 e. The van der Waals surface area contributed by atoms with Crippen LogP contribution in [0.15, 0.2) is 29.7 Å². The quantitative estimate of drug-likeness (QED) is 0.769. The highest BCUT2D eigenvalue weighted by Crippen LogP contribution is 2.24. The van der Waals surface area contributed by atoms with Crippen LogP contribution in [0.3, 0.4) is 0 Å². The van der Waals surface area contributed by atoms with Crippen molar-refractivity contribution in [2.45, 2.75) is 5.16 Å². The molecule has 0 bridgehead atoms. The predicted molar refractivity (Wildman–Crippen MR) is 94.5 cm³/mol. The second-order valence-electron chi connectivity index (χ2n) is 4.94. The third kappa shape index (κ3) is 5.12. The van der Waals surface area contributed by atoms with Crippen molar-refractivity contribution < 1.29 is 9.59 Å². The molecule has 0 spiro atoms. The van der Waals surface area contributed by atoms with Gasteiger partial charge in [-0.25, -0.2) is 0 Å². The number of rotatable bonds is 6. The molecule has 0 unspecified atom stereocenters. The molecule has 0 aliphatic rings. The third-order valence-corrected chi connectivity index (χ3v) is 4.76. The Balaban J connectivity index is 1.82. The Kier molecular flexibility index (Phi) is 6.47. The fraction of sp³-hybridized carbons (Fsp3) is 0.286. The van der Waals surface area contributed by atoms with Crippen LogP contribution in [-0.4, -0.2) is 50.8 Å². The van der Waals surface area contributed by atoms with Gasteiger partial charge in [0.1, 0.15) is 6.33 Å². The Morgan fingerprint density at radius 2 is 2.08 bits per heavy atom. The van der Waals surface area contributed by atoms with Crippen molar-refractivity contribution in [2.24, 2.45) is 7.05 Å². The molecule has 0 aliphatic heterocycles. The number of carbonyl (C=O) groups is 2. The molecule has 0 saturated carbocycles. The van der Waals surface area contributed by atoms with Crippen molar-refractivity contribution >= 4 is 52.5 Å². The molecule has 1 N–H and O–H groups in total. The number of anilines is 1. The van der Waals surface area contributed by atoms with E-state index in [0.717, 1.165) is 0 Å². The van der Waals surface area contributed by atoms with Crippen LogP contribution in [-0.2, 0) is 16.6 Å². The number of hydrogen-bond donors (Lipinski definition) is 1. The summed E-state index contributed by atoms with van der Waals surface area (Å²) in [7, 11) is 3.36. The highest BCUT2D eigenvalue weighted by atomic mass is 35.5. The summed E-state index contributed by atoms with van der Waals surface area (Å²) in [4.78, 5) is 25.4. The van der Waals surface area contributed by atoms with Crippen molar-refractivity contribution in [3.05, 3.63) is 34.6 Å². The largest absolute Gasteiger partial charge is 0.336 e. The summed E-state index contributed by atoms with van der Waals surface area (Å²) >= 11 is 13.0. The summed E-state index contributed by atoms with van der Waals surface area (Å²) in [6.45, 7) is -0.0710. The Bertz CT molecular complexity index is 753. The van der Waals surface area contributed by atoms with E-state index in [1.54, 1.807) is 43.2 Å². The number of nitrogens with one attached hydrogen (secondary N) is 1. The van der Waals surface area contributed by atoms with Crippen LogP contribution in [0.5, 0.6) is 0 Å². The molecule has 0 fully saturated rings. The molecule has 2 aromatic rings. The summed E-state index contributed by atoms with van der Waals surface area (Å²) in [5, 5.41) is 11.7. The summed E-state index contributed by atoms with van der Waals surface area (Å²) < 4.78 is 1.72. The van der Waals surface area contributed by atoms with Crippen LogP contribution < -0.4 is 5.32 Å². The van der Waals surface area contributed by atoms with Crippen molar-refractivity contribution in [3.63, 3.8) is 0 Å². The van der Waals surface area contributed by atoms with Gasteiger partial charge in [0.15, 0.2) is 5.16 Å². The first-order valence-electron chi connectivity index (χ1n) is 6.82. The molecule has 2 rings (SSSR count). The highest BCUT2D eigenvalue weighted by Gasteiger charge is 2.15. The minimum absolute atomic E-state index is 0.0710.